The molecule has 4 rings (SSSR count). The molecule has 30 heavy (non-hydrogen) atoms. The Morgan fingerprint density at radius 2 is 1.77 bits per heavy atom. The minimum atomic E-state index is -0.159. The first-order valence-electron chi connectivity index (χ1n) is 9.75. The molecule has 0 spiro atoms. The predicted octanol–water partition coefficient (Wildman–Crippen LogP) is 4.72. The van der Waals surface area contributed by atoms with Crippen molar-refractivity contribution in [3.05, 3.63) is 94.8 Å². The van der Waals surface area contributed by atoms with Gasteiger partial charge in [-0.05, 0) is 42.0 Å². The lowest BCUT2D eigenvalue weighted by Crippen LogP contribution is -2.27. The van der Waals surface area contributed by atoms with Gasteiger partial charge in [-0.2, -0.15) is 0 Å². The van der Waals surface area contributed by atoms with Gasteiger partial charge in [0.15, 0.2) is 0 Å². The van der Waals surface area contributed by atoms with Crippen molar-refractivity contribution < 1.29 is 9.53 Å². The number of nitrogens with one attached hydrogen (secondary N) is 1. The van der Waals surface area contributed by atoms with Gasteiger partial charge in [0.05, 0.1) is 23.7 Å². The van der Waals surface area contributed by atoms with E-state index in [-0.39, 0.29) is 5.91 Å². The molecule has 0 atom stereocenters. The molecule has 1 N–H and O–H groups in total. The summed E-state index contributed by atoms with van der Waals surface area (Å²) in [6.07, 6.45) is 0.614. The van der Waals surface area contributed by atoms with Crippen LogP contribution in [0.2, 0.25) is 5.02 Å². The molecule has 5 nitrogen and oxygen atoms in total. The highest BCUT2D eigenvalue weighted by Gasteiger charge is 2.14. The van der Waals surface area contributed by atoms with Gasteiger partial charge in [-0.25, -0.2) is 4.98 Å². The monoisotopic (exact) mass is 419 g/mol. The van der Waals surface area contributed by atoms with Gasteiger partial charge >= 0.3 is 0 Å². The Morgan fingerprint density at radius 1 is 1.03 bits per heavy atom. The van der Waals surface area contributed by atoms with Crippen LogP contribution in [0.4, 0.5) is 0 Å². The summed E-state index contributed by atoms with van der Waals surface area (Å²) in [5, 5.41) is 3.69. The largest absolute Gasteiger partial charge is 0.496 e. The quantitative estimate of drug-likeness (QED) is 0.471. The zero-order valence-corrected chi connectivity index (χ0v) is 17.4. The normalized spacial score (nSPS) is 10.9. The molecule has 0 saturated carbocycles. The van der Waals surface area contributed by atoms with E-state index in [9.17, 15) is 4.79 Å². The van der Waals surface area contributed by atoms with Crippen LogP contribution in [0.3, 0.4) is 0 Å². The van der Waals surface area contributed by atoms with Crippen LogP contribution in [0.1, 0.15) is 21.7 Å². The van der Waals surface area contributed by atoms with Crippen molar-refractivity contribution in [1.29, 1.82) is 0 Å². The Kier molecular flexibility index (Phi) is 6.00. The smallest absolute Gasteiger partial charge is 0.255 e. The van der Waals surface area contributed by atoms with Crippen LogP contribution in [0.15, 0.2) is 72.8 Å². The Labute approximate surface area is 180 Å². The van der Waals surface area contributed by atoms with Crippen LogP contribution in [-0.2, 0) is 13.0 Å². The lowest BCUT2D eigenvalue weighted by atomic mass is 10.2. The Balaban J connectivity index is 1.52. The highest BCUT2D eigenvalue weighted by atomic mass is 35.5. The van der Waals surface area contributed by atoms with Crippen molar-refractivity contribution in [2.24, 2.45) is 0 Å². The van der Waals surface area contributed by atoms with Crippen LogP contribution < -0.4 is 10.1 Å². The molecule has 0 aliphatic carbocycles. The molecule has 0 radical (unpaired) electrons. The van der Waals surface area contributed by atoms with Gasteiger partial charge in [0.2, 0.25) is 0 Å². The number of aromatic nitrogens is 2. The van der Waals surface area contributed by atoms with E-state index < -0.39 is 0 Å². The van der Waals surface area contributed by atoms with E-state index in [0.29, 0.717) is 35.8 Å². The highest BCUT2D eigenvalue weighted by Crippen LogP contribution is 2.20. The summed E-state index contributed by atoms with van der Waals surface area (Å²) in [6.45, 7) is 1.16. The first kappa shape index (κ1) is 20.0. The molecule has 0 bridgehead atoms. The van der Waals surface area contributed by atoms with E-state index in [0.717, 1.165) is 22.4 Å². The van der Waals surface area contributed by atoms with E-state index in [1.165, 1.54) is 0 Å². The minimum Gasteiger partial charge on any atom is -0.496 e. The van der Waals surface area contributed by atoms with Crippen molar-refractivity contribution >= 4 is 28.5 Å². The van der Waals surface area contributed by atoms with Gasteiger partial charge in [-0.15, -0.1) is 0 Å². The number of para-hydroxylation sites is 3. The number of carbonyl (C=O) groups excluding carboxylic acids is 1. The van der Waals surface area contributed by atoms with Gasteiger partial charge in [-0.3, -0.25) is 4.79 Å². The lowest BCUT2D eigenvalue weighted by Gasteiger charge is -2.11. The second kappa shape index (κ2) is 9.01. The summed E-state index contributed by atoms with van der Waals surface area (Å²) in [7, 11) is 1.56. The number of amides is 1. The van der Waals surface area contributed by atoms with Crippen molar-refractivity contribution in [2.75, 3.05) is 13.7 Å². The molecule has 1 aromatic heterocycles. The van der Waals surface area contributed by atoms with Gasteiger partial charge < -0.3 is 14.6 Å². The molecule has 0 aliphatic heterocycles. The molecule has 3 aromatic carbocycles. The van der Waals surface area contributed by atoms with E-state index >= 15 is 0 Å². The fraction of sp³-hybridized carbons (Fsp3) is 0.167. The summed E-state index contributed by atoms with van der Waals surface area (Å²) in [5.41, 5.74) is 3.67. The van der Waals surface area contributed by atoms with Crippen LogP contribution >= 0.6 is 11.6 Å². The van der Waals surface area contributed by atoms with Gasteiger partial charge in [0.1, 0.15) is 11.6 Å². The predicted molar refractivity (Wildman–Crippen MR) is 119 cm³/mol. The maximum atomic E-state index is 12.6. The van der Waals surface area contributed by atoms with Crippen molar-refractivity contribution in [3.8, 4) is 5.75 Å². The molecule has 0 fully saturated rings. The fourth-order valence-corrected chi connectivity index (χ4v) is 3.61. The topological polar surface area (TPSA) is 56.1 Å². The molecular formula is C24H22ClN3O2. The summed E-state index contributed by atoms with van der Waals surface area (Å²) >= 11 is 6.02. The summed E-state index contributed by atoms with van der Waals surface area (Å²) in [6, 6.07) is 23.1. The maximum Gasteiger partial charge on any atom is 0.255 e. The summed E-state index contributed by atoms with van der Waals surface area (Å²) < 4.78 is 7.47. The second-order valence-corrected chi connectivity index (χ2v) is 7.37. The van der Waals surface area contributed by atoms with Crippen molar-refractivity contribution in [3.63, 3.8) is 0 Å². The molecule has 6 heteroatoms. The van der Waals surface area contributed by atoms with Gasteiger partial charge in [0.25, 0.3) is 5.91 Å². The van der Waals surface area contributed by atoms with Gasteiger partial charge in [0, 0.05) is 24.5 Å². The molecule has 0 saturated heterocycles. The van der Waals surface area contributed by atoms with Crippen molar-refractivity contribution in [1.82, 2.24) is 14.9 Å². The third-order valence-corrected chi connectivity index (χ3v) is 5.23. The zero-order chi connectivity index (χ0) is 20.9. The number of nitrogens with zero attached hydrogens (tertiary/aromatic N) is 2. The maximum absolute atomic E-state index is 12.6. The molecule has 152 valence electrons. The molecule has 4 aromatic rings. The summed E-state index contributed by atoms with van der Waals surface area (Å²) in [4.78, 5) is 17.4. The Morgan fingerprint density at radius 3 is 2.57 bits per heavy atom. The van der Waals surface area contributed by atoms with Crippen LogP contribution in [-0.4, -0.2) is 29.1 Å². The van der Waals surface area contributed by atoms with Crippen molar-refractivity contribution in [2.45, 2.75) is 13.0 Å². The number of rotatable bonds is 7. The first-order valence-corrected chi connectivity index (χ1v) is 10.1. The van der Waals surface area contributed by atoms with E-state index in [4.69, 9.17) is 21.3 Å². The molecule has 1 heterocycles. The lowest BCUT2D eigenvalue weighted by molar-refractivity contribution is 0.0951. The molecule has 1 amide bonds. The second-order valence-electron chi connectivity index (χ2n) is 6.94. The summed E-state index contributed by atoms with van der Waals surface area (Å²) in [5.74, 6) is 1.32. The number of carbonyl (C=O) groups is 1. The number of fused-ring (bicyclic) bond motifs is 1. The number of halogens is 1. The molecule has 0 aliphatic rings. The SMILES string of the molecule is COc1ccccc1C(=O)NCCc1nc2ccccc2n1Cc1ccc(Cl)cc1. The third kappa shape index (κ3) is 4.31. The van der Waals surface area contributed by atoms with E-state index in [1.807, 2.05) is 54.6 Å². The van der Waals surface area contributed by atoms with Crippen LogP contribution in [0.5, 0.6) is 5.75 Å². The molecular weight excluding hydrogens is 398 g/mol. The Hall–Kier alpha value is -3.31. The van der Waals surface area contributed by atoms with Gasteiger partial charge in [-0.1, -0.05) is 48.0 Å². The average molecular weight is 420 g/mol. The van der Waals surface area contributed by atoms with Crippen LogP contribution in [0.25, 0.3) is 11.0 Å². The third-order valence-electron chi connectivity index (χ3n) is 4.97. The number of methoxy groups -OCH3 is 1. The Bertz CT molecular complexity index is 1170. The van der Waals surface area contributed by atoms with E-state index in [2.05, 4.69) is 16.0 Å². The first-order chi connectivity index (χ1) is 14.7. The number of imidazole rings is 1. The number of ether oxygens (including phenoxy) is 1. The number of benzene rings is 3. The minimum absolute atomic E-state index is 0.159. The zero-order valence-electron chi connectivity index (χ0n) is 16.6. The highest BCUT2D eigenvalue weighted by molar-refractivity contribution is 6.30. The van der Waals surface area contributed by atoms with Crippen LogP contribution in [0, 0.1) is 0 Å². The standard InChI is InChI=1S/C24H22ClN3O2/c1-30-22-9-5-2-6-19(22)24(29)26-15-14-23-27-20-7-3-4-8-21(20)28(23)16-17-10-12-18(25)13-11-17/h2-13H,14-16H2,1H3,(H,26,29). The molecule has 0 unspecified atom stereocenters. The number of hydrogen-bond donors (Lipinski definition) is 1. The van der Waals surface area contributed by atoms with E-state index in [1.54, 1.807) is 19.2 Å². The fourth-order valence-electron chi connectivity index (χ4n) is 3.48. The number of hydrogen-bond acceptors (Lipinski definition) is 3. The average Bonchev–Trinajstić information content (AvgIpc) is 3.12.